The molecule has 1 atom stereocenters. The van der Waals surface area contributed by atoms with E-state index in [1.165, 1.54) is 37.0 Å². The third kappa shape index (κ3) is 4.62. The minimum atomic E-state index is -0.492. The average Bonchev–Trinajstić information content (AvgIpc) is 3.38. The summed E-state index contributed by atoms with van der Waals surface area (Å²) in [4.78, 5) is 1.32. The molecule has 142 valence electrons. The number of hydrogen-bond acceptors (Lipinski definition) is 5. The second-order valence-electron chi connectivity index (χ2n) is 7.05. The molecule has 6 heteroatoms. The molecular formula is C21H25N3OS2. The van der Waals surface area contributed by atoms with Crippen LogP contribution in [0.15, 0.2) is 53.0 Å². The lowest BCUT2D eigenvalue weighted by Gasteiger charge is -2.25. The third-order valence-corrected chi connectivity index (χ3v) is 7.04. The molecule has 1 unspecified atom stereocenters. The first kappa shape index (κ1) is 18.7. The lowest BCUT2D eigenvalue weighted by molar-refractivity contribution is 0.204. The summed E-state index contributed by atoms with van der Waals surface area (Å²) in [6.45, 7) is 0. The number of aromatic nitrogens is 3. The maximum Gasteiger partial charge on any atom is 0.191 e. The van der Waals surface area contributed by atoms with E-state index in [-0.39, 0.29) is 0 Å². The molecule has 0 amide bonds. The fraction of sp³-hybridized carbons (Fsp3) is 0.429. The number of benzene rings is 1. The Morgan fingerprint density at radius 2 is 1.89 bits per heavy atom. The standard InChI is InChI=1S/C21H25N3OS2/c25-19(16-8-3-1-4-9-16)15-27-21-23-22-20(14-18-12-7-13-26-18)24(21)17-10-5-2-6-11-17/h1,3-4,7-9,12-13,17,19,25H,2,5-6,10-11,14-15H2. The Kier molecular flexibility index (Phi) is 6.27. The molecule has 0 aliphatic heterocycles. The monoisotopic (exact) mass is 399 g/mol. The minimum Gasteiger partial charge on any atom is -0.388 e. The number of rotatable bonds is 7. The van der Waals surface area contributed by atoms with E-state index in [1.807, 2.05) is 30.3 Å². The van der Waals surface area contributed by atoms with Crippen LogP contribution in [0, 0.1) is 0 Å². The fourth-order valence-corrected chi connectivity index (χ4v) is 5.42. The minimum absolute atomic E-state index is 0.486. The molecule has 0 saturated heterocycles. The van der Waals surface area contributed by atoms with Crippen molar-refractivity contribution in [2.75, 3.05) is 5.75 Å². The summed E-state index contributed by atoms with van der Waals surface area (Å²) < 4.78 is 2.36. The number of thioether (sulfide) groups is 1. The summed E-state index contributed by atoms with van der Waals surface area (Å²) >= 11 is 3.39. The van der Waals surface area contributed by atoms with Crippen molar-refractivity contribution in [3.05, 3.63) is 64.1 Å². The summed E-state index contributed by atoms with van der Waals surface area (Å²) in [6, 6.07) is 14.6. The highest BCUT2D eigenvalue weighted by Gasteiger charge is 2.24. The predicted molar refractivity (Wildman–Crippen MR) is 111 cm³/mol. The zero-order valence-corrected chi connectivity index (χ0v) is 17.0. The van der Waals surface area contributed by atoms with E-state index in [9.17, 15) is 5.11 Å². The van der Waals surface area contributed by atoms with Gasteiger partial charge in [-0.15, -0.1) is 21.5 Å². The van der Waals surface area contributed by atoms with Crippen LogP contribution in [0.4, 0.5) is 0 Å². The highest BCUT2D eigenvalue weighted by molar-refractivity contribution is 7.99. The Morgan fingerprint density at radius 1 is 1.07 bits per heavy atom. The Morgan fingerprint density at radius 3 is 2.63 bits per heavy atom. The molecule has 27 heavy (non-hydrogen) atoms. The smallest absolute Gasteiger partial charge is 0.191 e. The maximum absolute atomic E-state index is 10.5. The van der Waals surface area contributed by atoms with Gasteiger partial charge in [0.2, 0.25) is 0 Å². The van der Waals surface area contributed by atoms with Gasteiger partial charge in [0.05, 0.1) is 6.10 Å². The van der Waals surface area contributed by atoms with Gasteiger partial charge in [-0.05, 0) is 29.9 Å². The van der Waals surface area contributed by atoms with Crippen LogP contribution >= 0.6 is 23.1 Å². The molecule has 0 spiro atoms. The first-order valence-electron chi connectivity index (χ1n) is 9.63. The Labute approximate surface area is 168 Å². The van der Waals surface area contributed by atoms with Crippen molar-refractivity contribution < 1.29 is 5.11 Å². The molecule has 1 aliphatic carbocycles. The van der Waals surface area contributed by atoms with Crippen molar-refractivity contribution in [1.29, 1.82) is 0 Å². The van der Waals surface area contributed by atoms with Crippen molar-refractivity contribution >= 4 is 23.1 Å². The maximum atomic E-state index is 10.5. The largest absolute Gasteiger partial charge is 0.388 e. The second kappa shape index (κ2) is 9.04. The first-order valence-corrected chi connectivity index (χ1v) is 11.5. The number of aliphatic hydroxyl groups excluding tert-OH is 1. The molecule has 4 nitrogen and oxygen atoms in total. The van der Waals surface area contributed by atoms with Crippen LogP contribution in [0.1, 0.15) is 60.5 Å². The van der Waals surface area contributed by atoms with Crippen LogP contribution in [0.25, 0.3) is 0 Å². The third-order valence-electron chi connectivity index (χ3n) is 5.14. The Bertz CT molecular complexity index is 827. The highest BCUT2D eigenvalue weighted by atomic mass is 32.2. The average molecular weight is 400 g/mol. The van der Waals surface area contributed by atoms with Crippen LogP contribution in [-0.2, 0) is 6.42 Å². The predicted octanol–water partition coefficient (Wildman–Crippen LogP) is 5.26. The Hall–Kier alpha value is -1.63. The van der Waals surface area contributed by atoms with Crippen LogP contribution < -0.4 is 0 Å². The Balaban J connectivity index is 1.53. The molecule has 2 aromatic heterocycles. The summed E-state index contributed by atoms with van der Waals surface area (Å²) in [7, 11) is 0. The van der Waals surface area contributed by atoms with Gasteiger partial charge >= 0.3 is 0 Å². The van der Waals surface area contributed by atoms with Gasteiger partial charge in [0.25, 0.3) is 0 Å². The summed E-state index contributed by atoms with van der Waals surface area (Å²) in [5, 5.41) is 22.6. The van der Waals surface area contributed by atoms with Crippen molar-refractivity contribution in [2.45, 2.75) is 55.8 Å². The van der Waals surface area contributed by atoms with E-state index in [1.54, 1.807) is 23.1 Å². The summed E-state index contributed by atoms with van der Waals surface area (Å²) in [5.74, 6) is 1.65. The topological polar surface area (TPSA) is 50.9 Å². The van der Waals surface area contributed by atoms with Crippen LogP contribution in [0.3, 0.4) is 0 Å². The van der Waals surface area contributed by atoms with Crippen LogP contribution in [0.2, 0.25) is 0 Å². The van der Waals surface area contributed by atoms with Gasteiger partial charge in [0.15, 0.2) is 5.16 Å². The zero-order valence-electron chi connectivity index (χ0n) is 15.3. The molecule has 1 saturated carbocycles. The lowest BCUT2D eigenvalue weighted by atomic mass is 9.95. The van der Waals surface area contributed by atoms with Crippen molar-refractivity contribution in [3.8, 4) is 0 Å². The number of nitrogens with zero attached hydrogens (tertiary/aromatic N) is 3. The number of hydrogen-bond donors (Lipinski definition) is 1. The van der Waals surface area contributed by atoms with Gasteiger partial charge in [-0.2, -0.15) is 0 Å². The van der Waals surface area contributed by atoms with Gasteiger partial charge in [-0.3, -0.25) is 0 Å². The second-order valence-corrected chi connectivity index (χ2v) is 9.07. The van der Waals surface area contributed by atoms with Gasteiger partial charge in [-0.1, -0.05) is 67.4 Å². The zero-order chi connectivity index (χ0) is 18.5. The van der Waals surface area contributed by atoms with E-state index in [4.69, 9.17) is 0 Å². The van der Waals surface area contributed by atoms with E-state index < -0.39 is 6.10 Å². The number of aliphatic hydroxyl groups is 1. The quantitative estimate of drug-likeness (QED) is 0.551. The van der Waals surface area contributed by atoms with E-state index in [0.29, 0.717) is 11.8 Å². The van der Waals surface area contributed by atoms with Crippen LogP contribution in [0.5, 0.6) is 0 Å². The van der Waals surface area contributed by atoms with Crippen molar-refractivity contribution in [2.24, 2.45) is 0 Å². The van der Waals surface area contributed by atoms with Gasteiger partial charge in [0.1, 0.15) is 5.82 Å². The molecule has 1 N–H and O–H groups in total. The highest BCUT2D eigenvalue weighted by Crippen LogP contribution is 2.34. The van der Waals surface area contributed by atoms with Gasteiger partial charge < -0.3 is 9.67 Å². The molecule has 0 bridgehead atoms. The molecule has 1 fully saturated rings. The molecule has 4 rings (SSSR count). The fourth-order valence-electron chi connectivity index (χ4n) is 3.73. The first-order chi connectivity index (χ1) is 13.3. The molecule has 3 aromatic rings. The molecule has 0 radical (unpaired) electrons. The van der Waals surface area contributed by atoms with Gasteiger partial charge in [-0.25, -0.2) is 0 Å². The summed E-state index contributed by atoms with van der Waals surface area (Å²) in [6.07, 6.45) is 6.62. The normalized spacial score (nSPS) is 16.5. The SMILES string of the molecule is OC(CSc1nnc(Cc2cccs2)n1C1CCCCC1)c1ccccc1. The lowest BCUT2D eigenvalue weighted by Crippen LogP contribution is -2.17. The summed E-state index contributed by atoms with van der Waals surface area (Å²) in [5.41, 5.74) is 0.951. The van der Waals surface area contributed by atoms with Crippen molar-refractivity contribution in [3.63, 3.8) is 0 Å². The molecule has 1 aliphatic rings. The van der Waals surface area contributed by atoms with E-state index in [0.717, 1.165) is 23.0 Å². The van der Waals surface area contributed by atoms with Crippen LogP contribution in [-0.4, -0.2) is 25.6 Å². The number of thiophene rings is 1. The van der Waals surface area contributed by atoms with E-state index in [2.05, 4.69) is 32.3 Å². The van der Waals surface area contributed by atoms with E-state index >= 15 is 0 Å². The van der Waals surface area contributed by atoms with Crippen molar-refractivity contribution in [1.82, 2.24) is 14.8 Å². The molecule has 2 heterocycles. The van der Waals surface area contributed by atoms with Gasteiger partial charge in [0, 0.05) is 23.1 Å². The molecular weight excluding hydrogens is 374 g/mol. The molecule has 1 aromatic carbocycles.